The Bertz CT molecular complexity index is 629. The Kier molecular flexibility index (Phi) is 4.32. The molecule has 0 radical (unpaired) electrons. The highest BCUT2D eigenvalue weighted by Crippen LogP contribution is 2.28. The molecule has 1 heterocycles. The molecule has 112 valence electrons. The molecule has 0 amide bonds. The Hall–Kier alpha value is -1.32. The minimum atomic E-state index is 0.693. The number of nitrogens with one attached hydrogen (secondary N) is 1. The van der Waals surface area contributed by atoms with E-state index in [1.54, 1.807) is 0 Å². The van der Waals surface area contributed by atoms with Crippen molar-refractivity contribution in [2.75, 3.05) is 0 Å². The van der Waals surface area contributed by atoms with E-state index < -0.39 is 0 Å². The predicted molar refractivity (Wildman–Crippen MR) is 87.6 cm³/mol. The first kappa shape index (κ1) is 14.6. The first-order valence-electron chi connectivity index (χ1n) is 7.73. The Morgan fingerprint density at radius 3 is 2.90 bits per heavy atom. The minimum Gasteiger partial charge on any atom is -0.310 e. The van der Waals surface area contributed by atoms with Gasteiger partial charge in [-0.05, 0) is 49.4 Å². The maximum absolute atomic E-state index is 6.32. The lowest BCUT2D eigenvalue weighted by Crippen LogP contribution is -2.15. The molecular formula is C17H22ClN3. The average molecular weight is 304 g/mol. The maximum Gasteiger partial charge on any atom is 0.0672 e. The van der Waals surface area contributed by atoms with E-state index in [-0.39, 0.29) is 0 Å². The topological polar surface area (TPSA) is 29.9 Å². The van der Waals surface area contributed by atoms with Crippen LogP contribution in [0.25, 0.3) is 11.1 Å². The van der Waals surface area contributed by atoms with Crippen LogP contribution in [0, 0.1) is 6.92 Å². The molecule has 0 atom stereocenters. The molecule has 1 aliphatic rings. The zero-order valence-electron chi connectivity index (χ0n) is 12.7. The lowest BCUT2D eigenvalue weighted by molar-refractivity contribution is 0.598. The number of aromatic nitrogens is 2. The van der Waals surface area contributed by atoms with Gasteiger partial charge < -0.3 is 5.32 Å². The van der Waals surface area contributed by atoms with Crippen molar-refractivity contribution in [1.82, 2.24) is 15.1 Å². The van der Waals surface area contributed by atoms with Crippen molar-refractivity contribution in [3.8, 4) is 11.1 Å². The standard InChI is InChI=1S/C17H22ClN3/c1-3-8-21-11-16(12(2)20-21)13-4-7-17(18)14(9-13)10-19-15-5-6-15/h4,7,9,11,15,19H,3,5-6,8,10H2,1-2H3. The van der Waals surface area contributed by atoms with Crippen LogP contribution in [0.5, 0.6) is 0 Å². The molecule has 1 aliphatic carbocycles. The van der Waals surface area contributed by atoms with Crippen LogP contribution in [-0.2, 0) is 13.1 Å². The third-order valence-electron chi connectivity index (χ3n) is 3.91. The van der Waals surface area contributed by atoms with E-state index in [4.69, 9.17) is 11.6 Å². The SMILES string of the molecule is CCCn1cc(-c2ccc(Cl)c(CNC3CC3)c2)c(C)n1. The van der Waals surface area contributed by atoms with Crippen molar-refractivity contribution in [3.05, 3.63) is 40.7 Å². The minimum absolute atomic E-state index is 0.693. The largest absolute Gasteiger partial charge is 0.310 e. The molecular weight excluding hydrogens is 282 g/mol. The first-order chi connectivity index (χ1) is 10.2. The molecule has 1 fully saturated rings. The lowest BCUT2D eigenvalue weighted by Gasteiger charge is -2.08. The quantitative estimate of drug-likeness (QED) is 0.868. The van der Waals surface area contributed by atoms with E-state index in [1.807, 2.05) is 10.7 Å². The van der Waals surface area contributed by atoms with Gasteiger partial charge >= 0.3 is 0 Å². The summed E-state index contributed by atoms with van der Waals surface area (Å²) >= 11 is 6.32. The van der Waals surface area contributed by atoms with Gasteiger partial charge in [0.2, 0.25) is 0 Å². The summed E-state index contributed by atoms with van der Waals surface area (Å²) in [5.74, 6) is 0. The van der Waals surface area contributed by atoms with Gasteiger partial charge in [-0.15, -0.1) is 0 Å². The summed E-state index contributed by atoms with van der Waals surface area (Å²) in [6.07, 6.45) is 5.82. The van der Waals surface area contributed by atoms with Gasteiger partial charge in [0.25, 0.3) is 0 Å². The Balaban J connectivity index is 1.85. The fourth-order valence-corrected chi connectivity index (χ4v) is 2.75. The molecule has 3 rings (SSSR count). The molecule has 1 aromatic heterocycles. The number of rotatable bonds is 6. The van der Waals surface area contributed by atoms with E-state index in [1.165, 1.54) is 29.5 Å². The van der Waals surface area contributed by atoms with Gasteiger partial charge in [0.05, 0.1) is 5.69 Å². The van der Waals surface area contributed by atoms with Crippen LogP contribution >= 0.6 is 11.6 Å². The summed E-state index contributed by atoms with van der Waals surface area (Å²) in [5, 5.41) is 8.95. The van der Waals surface area contributed by atoms with E-state index in [0.29, 0.717) is 6.04 Å². The van der Waals surface area contributed by atoms with Crippen LogP contribution in [0.1, 0.15) is 37.4 Å². The van der Waals surface area contributed by atoms with Gasteiger partial charge in [-0.2, -0.15) is 5.10 Å². The van der Waals surface area contributed by atoms with Gasteiger partial charge in [0.1, 0.15) is 0 Å². The zero-order chi connectivity index (χ0) is 14.8. The van der Waals surface area contributed by atoms with Gasteiger partial charge in [0.15, 0.2) is 0 Å². The van der Waals surface area contributed by atoms with E-state index >= 15 is 0 Å². The van der Waals surface area contributed by atoms with Crippen LogP contribution in [-0.4, -0.2) is 15.8 Å². The number of halogens is 1. The number of hydrogen-bond acceptors (Lipinski definition) is 2. The van der Waals surface area contributed by atoms with Gasteiger partial charge in [-0.1, -0.05) is 24.6 Å². The summed E-state index contributed by atoms with van der Waals surface area (Å²) in [6, 6.07) is 6.97. The van der Waals surface area contributed by atoms with Gasteiger partial charge in [-0.3, -0.25) is 4.68 Å². The third-order valence-corrected chi connectivity index (χ3v) is 4.28. The fourth-order valence-electron chi connectivity index (χ4n) is 2.56. The van der Waals surface area contributed by atoms with Crippen LogP contribution in [0.15, 0.2) is 24.4 Å². The highest BCUT2D eigenvalue weighted by atomic mass is 35.5. The molecule has 3 nitrogen and oxygen atoms in total. The predicted octanol–water partition coefficient (Wildman–Crippen LogP) is 4.17. The Labute approximate surface area is 131 Å². The maximum atomic E-state index is 6.32. The highest BCUT2D eigenvalue weighted by Gasteiger charge is 2.20. The Morgan fingerprint density at radius 2 is 2.19 bits per heavy atom. The number of nitrogens with zero attached hydrogens (tertiary/aromatic N) is 2. The van der Waals surface area contributed by atoms with Crippen molar-refractivity contribution in [2.24, 2.45) is 0 Å². The molecule has 0 aliphatic heterocycles. The van der Waals surface area contributed by atoms with Gasteiger partial charge in [0, 0.05) is 35.9 Å². The first-order valence-corrected chi connectivity index (χ1v) is 8.11. The molecule has 0 spiro atoms. The molecule has 2 aromatic rings. The number of aryl methyl sites for hydroxylation is 2. The molecule has 21 heavy (non-hydrogen) atoms. The van der Waals surface area contributed by atoms with Gasteiger partial charge in [-0.25, -0.2) is 0 Å². The van der Waals surface area contributed by atoms with Crippen molar-refractivity contribution >= 4 is 11.6 Å². The normalized spacial score (nSPS) is 14.6. The van der Waals surface area contributed by atoms with E-state index in [9.17, 15) is 0 Å². The summed E-state index contributed by atoms with van der Waals surface area (Å²) in [6.45, 7) is 6.04. The lowest BCUT2D eigenvalue weighted by atomic mass is 10.0. The van der Waals surface area contributed by atoms with Crippen molar-refractivity contribution in [2.45, 2.75) is 52.2 Å². The zero-order valence-corrected chi connectivity index (χ0v) is 13.5. The molecule has 0 saturated heterocycles. The second kappa shape index (κ2) is 6.20. The molecule has 0 bridgehead atoms. The molecule has 4 heteroatoms. The van der Waals surface area contributed by atoms with Crippen molar-refractivity contribution in [1.29, 1.82) is 0 Å². The molecule has 0 unspecified atom stereocenters. The van der Waals surface area contributed by atoms with Crippen LogP contribution < -0.4 is 5.32 Å². The van der Waals surface area contributed by atoms with Crippen LogP contribution in [0.3, 0.4) is 0 Å². The van der Waals surface area contributed by atoms with E-state index in [0.717, 1.165) is 30.2 Å². The van der Waals surface area contributed by atoms with Crippen molar-refractivity contribution < 1.29 is 0 Å². The van der Waals surface area contributed by atoms with Crippen LogP contribution in [0.2, 0.25) is 5.02 Å². The van der Waals surface area contributed by atoms with E-state index in [2.05, 4.69) is 42.6 Å². The number of benzene rings is 1. The Morgan fingerprint density at radius 1 is 1.38 bits per heavy atom. The molecule has 1 saturated carbocycles. The number of hydrogen-bond donors (Lipinski definition) is 1. The third kappa shape index (κ3) is 3.47. The average Bonchev–Trinajstić information content (AvgIpc) is 3.22. The molecule has 1 aromatic carbocycles. The fraction of sp³-hybridized carbons (Fsp3) is 0.471. The van der Waals surface area contributed by atoms with Crippen molar-refractivity contribution in [3.63, 3.8) is 0 Å². The summed E-state index contributed by atoms with van der Waals surface area (Å²) < 4.78 is 2.03. The highest BCUT2D eigenvalue weighted by molar-refractivity contribution is 6.31. The second-order valence-electron chi connectivity index (χ2n) is 5.85. The summed E-state index contributed by atoms with van der Waals surface area (Å²) in [5.41, 5.74) is 4.65. The summed E-state index contributed by atoms with van der Waals surface area (Å²) in [7, 11) is 0. The van der Waals surface area contributed by atoms with Crippen LogP contribution in [0.4, 0.5) is 0 Å². The molecule has 1 N–H and O–H groups in total. The second-order valence-corrected chi connectivity index (χ2v) is 6.26. The monoisotopic (exact) mass is 303 g/mol. The smallest absolute Gasteiger partial charge is 0.0672 e. The summed E-state index contributed by atoms with van der Waals surface area (Å²) in [4.78, 5) is 0.